The highest BCUT2D eigenvalue weighted by atomic mass is 32.1. The Labute approximate surface area is 124 Å². The summed E-state index contributed by atoms with van der Waals surface area (Å²) in [6.07, 6.45) is 1.65. The van der Waals surface area contributed by atoms with E-state index in [9.17, 15) is 9.59 Å². The van der Waals surface area contributed by atoms with Gasteiger partial charge in [0.05, 0.1) is 6.54 Å². The number of aryl methyl sites for hydroxylation is 2. The predicted octanol–water partition coefficient (Wildman–Crippen LogP) is 1.81. The highest BCUT2D eigenvalue weighted by molar-refractivity contribution is 7.15. The number of rotatable bonds is 3. The summed E-state index contributed by atoms with van der Waals surface area (Å²) in [6.45, 7) is 4.09. The minimum atomic E-state index is -0.685. The number of carbonyl (C=O) groups excluding carboxylic acids is 2. The van der Waals surface area contributed by atoms with Crippen LogP contribution >= 0.6 is 22.7 Å². The van der Waals surface area contributed by atoms with E-state index >= 15 is 0 Å². The van der Waals surface area contributed by atoms with Gasteiger partial charge in [0.25, 0.3) is 0 Å². The van der Waals surface area contributed by atoms with Crippen molar-refractivity contribution in [2.75, 3.05) is 12.4 Å². The molecule has 2 amide bonds. The Bertz CT molecular complexity index is 635. The zero-order valence-corrected chi connectivity index (χ0v) is 13.0. The average Bonchev–Trinajstić information content (AvgIpc) is 2.97. The number of hydrogen-bond acceptors (Lipinski definition) is 6. The summed E-state index contributed by atoms with van der Waals surface area (Å²) in [7, 11) is 1.58. The van der Waals surface area contributed by atoms with Gasteiger partial charge < -0.3 is 4.90 Å². The van der Waals surface area contributed by atoms with E-state index in [1.807, 2.05) is 19.2 Å². The van der Waals surface area contributed by atoms with Gasteiger partial charge in [-0.15, -0.1) is 22.7 Å². The zero-order valence-electron chi connectivity index (χ0n) is 11.3. The van der Waals surface area contributed by atoms with Crippen LogP contribution in [0.2, 0.25) is 0 Å². The molecular formula is C12H14N4O2S2. The number of carbonyl (C=O) groups is 2. The third-order valence-corrected chi connectivity index (χ3v) is 4.20. The van der Waals surface area contributed by atoms with Gasteiger partial charge in [-0.2, -0.15) is 0 Å². The number of nitrogens with zero attached hydrogens (tertiary/aromatic N) is 3. The van der Waals surface area contributed by atoms with Crippen LogP contribution in [0.25, 0.3) is 0 Å². The van der Waals surface area contributed by atoms with Gasteiger partial charge >= 0.3 is 11.8 Å². The van der Waals surface area contributed by atoms with Crippen LogP contribution in [0.1, 0.15) is 15.6 Å². The van der Waals surface area contributed by atoms with Gasteiger partial charge in [-0.05, 0) is 13.8 Å². The summed E-state index contributed by atoms with van der Waals surface area (Å²) in [5, 5.41) is 5.64. The zero-order chi connectivity index (χ0) is 14.7. The van der Waals surface area contributed by atoms with Crippen molar-refractivity contribution in [3.8, 4) is 0 Å². The fourth-order valence-electron chi connectivity index (χ4n) is 1.49. The molecule has 0 aromatic carbocycles. The summed E-state index contributed by atoms with van der Waals surface area (Å²) in [5.74, 6) is -1.29. The number of amides is 2. The molecule has 0 saturated heterocycles. The average molecular weight is 310 g/mol. The quantitative estimate of drug-likeness (QED) is 0.877. The number of thiazole rings is 2. The molecule has 0 fully saturated rings. The number of hydrogen-bond donors (Lipinski definition) is 1. The molecule has 0 bridgehead atoms. The van der Waals surface area contributed by atoms with Gasteiger partial charge in [-0.1, -0.05) is 0 Å². The lowest BCUT2D eigenvalue weighted by molar-refractivity contribution is -0.142. The van der Waals surface area contributed by atoms with Gasteiger partial charge in [0.15, 0.2) is 5.13 Å². The summed E-state index contributed by atoms with van der Waals surface area (Å²) < 4.78 is 0. The molecule has 0 aliphatic heterocycles. The lowest BCUT2D eigenvalue weighted by Gasteiger charge is -2.14. The molecular weight excluding hydrogens is 296 g/mol. The van der Waals surface area contributed by atoms with Crippen LogP contribution in [0.4, 0.5) is 5.13 Å². The Kier molecular flexibility index (Phi) is 4.46. The lowest BCUT2D eigenvalue weighted by atomic mass is 10.4. The molecule has 0 atom stereocenters. The minimum absolute atomic E-state index is 0.321. The number of likely N-dealkylation sites (N-methyl/N-ethyl adjacent to an activating group) is 1. The SMILES string of the molecule is Cc1csc(CN(C)C(=O)C(=O)Nc2ncc(C)s2)n1. The number of aromatic nitrogens is 2. The largest absolute Gasteiger partial charge is 0.331 e. The Morgan fingerprint density at radius 3 is 2.70 bits per heavy atom. The van der Waals surface area contributed by atoms with Crippen molar-refractivity contribution in [3.05, 3.63) is 27.2 Å². The van der Waals surface area contributed by atoms with Crippen LogP contribution in [-0.2, 0) is 16.1 Å². The Morgan fingerprint density at radius 1 is 1.40 bits per heavy atom. The maximum absolute atomic E-state index is 11.9. The Balaban J connectivity index is 1.94. The van der Waals surface area contributed by atoms with Crippen LogP contribution in [-0.4, -0.2) is 33.7 Å². The molecule has 2 rings (SSSR count). The van der Waals surface area contributed by atoms with Crippen molar-refractivity contribution in [3.63, 3.8) is 0 Å². The molecule has 2 aromatic heterocycles. The van der Waals surface area contributed by atoms with Crippen molar-refractivity contribution in [2.24, 2.45) is 0 Å². The standard InChI is InChI=1S/C12H14N4O2S2/c1-7-6-19-9(14-7)5-16(3)11(18)10(17)15-12-13-4-8(2)20-12/h4,6H,5H2,1-3H3,(H,13,15,17). The molecule has 20 heavy (non-hydrogen) atoms. The van der Waals surface area contributed by atoms with Gasteiger partial charge in [0.2, 0.25) is 0 Å². The molecule has 0 saturated carbocycles. The summed E-state index contributed by atoms with van der Waals surface area (Å²) >= 11 is 2.80. The van der Waals surface area contributed by atoms with Gasteiger partial charge in [-0.25, -0.2) is 9.97 Å². The molecule has 106 valence electrons. The fraction of sp³-hybridized carbons (Fsp3) is 0.333. The normalized spacial score (nSPS) is 10.3. The first-order valence-corrected chi connectivity index (χ1v) is 7.55. The van der Waals surface area contributed by atoms with Crippen molar-refractivity contribution < 1.29 is 9.59 Å². The molecule has 1 N–H and O–H groups in total. The molecule has 0 spiro atoms. The third kappa shape index (κ3) is 3.61. The van der Waals surface area contributed by atoms with Crippen LogP contribution in [0.15, 0.2) is 11.6 Å². The van der Waals surface area contributed by atoms with E-state index in [1.54, 1.807) is 13.2 Å². The molecule has 0 aliphatic rings. The van der Waals surface area contributed by atoms with Crippen LogP contribution < -0.4 is 5.32 Å². The monoisotopic (exact) mass is 310 g/mol. The first-order valence-electron chi connectivity index (χ1n) is 5.85. The molecule has 0 aliphatic carbocycles. The second-order valence-corrected chi connectivity index (χ2v) is 6.45. The highest BCUT2D eigenvalue weighted by Gasteiger charge is 2.20. The Hall–Kier alpha value is -1.80. The fourth-order valence-corrected chi connectivity index (χ4v) is 2.97. The van der Waals surface area contributed by atoms with Gasteiger partial charge in [0, 0.05) is 29.2 Å². The van der Waals surface area contributed by atoms with Crippen molar-refractivity contribution in [1.29, 1.82) is 0 Å². The van der Waals surface area contributed by atoms with Crippen LogP contribution in [0.5, 0.6) is 0 Å². The predicted molar refractivity (Wildman–Crippen MR) is 78.8 cm³/mol. The van der Waals surface area contributed by atoms with E-state index in [0.717, 1.165) is 15.6 Å². The number of nitrogens with one attached hydrogen (secondary N) is 1. The van der Waals surface area contributed by atoms with Gasteiger partial charge in [0.1, 0.15) is 5.01 Å². The topological polar surface area (TPSA) is 75.2 Å². The van der Waals surface area contributed by atoms with Gasteiger partial charge in [-0.3, -0.25) is 14.9 Å². The molecule has 2 heterocycles. The molecule has 0 radical (unpaired) electrons. The van der Waals surface area contributed by atoms with Crippen molar-refractivity contribution in [1.82, 2.24) is 14.9 Å². The second kappa shape index (κ2) is 6.10. The van der Waals surface area contributed by atoms with E-state index < -0.39 is 11.8 Å². The van der Waals surface area contributed by atoms with Crippen molar-refractivity contribution >= 4 is 39.6 Å². The maximum Gasteiger partial charge on any atom is 0.315 e. The summed E-state index contributed by atoms with van der Waals surface area (Å²) in [6, 6.07) is 0. The molecule has 8 heteroatoms. The van der Waals surface area contributed by atoms with Crippen LogP contribution in [0.3, 0.4) is 0 Å². The smallest absolute Gasteiger partial charge is 0.315 e. The maximum atomic E-state index is 11.9. The first kappa shape index (κ1) is 14.6. The molecule has 6 nitrogen and oxygen atoms in total. The van der Waals surface area contributed by atoms with E-state index in [1.165, 1.54) is 27.6 Å². The lowest BCUT2D eigenvalue weighted by Crippen LogP contribution is -2.36. The third-order valence-electron chi connectivity index (χ3n) is 2.42. The summed E-state index contributed by atoms with van der Waals surface area (Å²) in [5.41, 5.74) is 0.911. The second-order valence-electron chi connectivity index (χ2n) is 4.27. The van der Waals surface area contributed by atoms with Crippen molar-refractivity contribution in [2.45, 2.75) is 20.4 Å². The summed E-state index contributed by atoms with van der Waals surface area (Å²) in [4.78, 5) is 34.3. The van der Waals surface area contributed by atoms with Crippen LogP contribution in [0, 0.1) is 13.8 Å². The minimum Gasteiger partial charge on any atom is -0.331 e. The highest BCUT2D eigenvalue weighted by Crippen LogP contribution is 2.16. The molecule has 2 aromatic rings. The Morgan fingerprint density at radius 2 is 2.15 bits per heavy atom. The first-order chi connectivity index (χ1) is 9.45. The van der Waals surface area contributed by atoms with E-state index in [-0.39, 0.29) is 0 Å². The number of anilines is 1. The van der Waals surface area contributed by atoms with E-state index in [4.69, 9.17) is 0 Å². The van der Waals surface area contributed by atoms with E-state index in [2.05, 4.69) is 15.3 Å². The molecule has 0 unspecified atom stereocenters. The van der Waals surface area contributed by atoms with E-state index in [0.29, 0.717) is 11.7 Å².